The Bertz CT molecular complexity index is 1070. The number of aromatic nitrogens is 3. The maximum absolute atomic E-state index is 15.3. The van der Waals surface area contributed by atoms with Crippen molar-refractivity contribution in [2.24, 2.45) is 5.73 Å². The van der Waals surface area contributed by atoms with Gasteiger partial charge in [-0.05, 0) is 38.0 Å². The molecule has 0 bridgehead atoms. The zero-order valence-electron chi connectivity index (χ0n) is 16.5. The van der Waals surface area contributed by atoms with Crippen molar-refractivity contribution in [1.82, 2.24) is 20.3 Å². The van der Waals surface area contributed by atoms with Crippen molar-refractivity contribution < 1.29 is 14.3 Å². The van der Waals surface area contributed by atoms with Crippen molar-refractivity contribution in [1.29, 1.82) is 0 Å². The highest BCUT2D eigenvalue weighted by Gasteiger charge is 2.33. The second-order valence-electron chi connectivity index (χ2n) is 7.77. The van der Waals surface area contributed by atoms with Crippen LogP contribution in [0.3, 0.4) is 0 Å². The van der Waals surface area contributed by atoms with E-state index in [9.17, 15) is 9.90 Å². The monoisotopic (exact) mass is 410 g/mol. The molecule has 1 saturated heterocycles. The molecule has 1 atom stereocenters. The molecule has 1 aliphatic rings. The van der Waals surface area contributed by atoms with E-state index in [1.165, 1.54) is 12.4 Å². The maximum Gasteiger partial charge on any atom is 0.279 e. The number of nitrogens with zero attached hydrogens (tertiary/aromatic N) is 4. The van der Waals surface area contributed by atoms with Gasteiger partial charge in [0.05, 0.1) is 11.1 Å². The van der Waals surface area contributed by atoms with Crippen LogP contribution in [-0.2, 0) is 5.92 Å². The minimum atomic E-state index is -2.69. The number of carbonyl (C=O) groups excluding carboxylic acids is 1. The number of pyridine rings is 1. The zero-order chi connectivity index (χ0) is 21.4. The second kappa shape index (κ2) is 7.58. The van der Waals surface area contributed by atoms with Crippen LogP contribution in [0.15, 0.2) is 48.8 Å². The number of para-hydroxylation sites is 1. The van der Waals surface area contributed by atoms with Crippen LogP contribution in [0.25, 0.3) is 10.9 Å². The summed E-state index contributed by atoms with van der Waals surface area (Å²) in [5, 5.41) is 12.8. The topological polar surface area (TPSA) is 117 Å². The Morgan fingerprint density at radius 2 is 1.93 bits per heavy atom. The summed E-state index contributed by atoms with van der Waals surface area (Å²) in [6.07, 6.45) is 2.41. The number of hydrogen-bond donors (Lipinski definition) is 3. The summed E-state index contributed by atoms with van der Waals surface area (Å²) in [4.78, 5) is 27.1. The van der Waals surface area contributed by atoms with E-state index in [-0.39, 0.29) is 11.4 Å². The molecule has 9 heteroatoms. The number of halogens is 1. The molecule has 1 aromatic carbocycles. The van der Waals surface area contributed by atoms with E-state index < -0.39 is 17.4 Å². The van der Waals surface area contributed by atoms with E-state index in [4.69, 9.17) is 5.73 Å². The molecular weight excluding hydrogens is 387 g/mol. The first-order valence-corrected chi connectivity index (χ1v) is 9.70. The number of aliphatic hydroxyl groups is 1. The summed E-state index contributed by atoms with van der Waals surface area (Å²) in [5.74, 6) is -2.92. The first-order chi connectivity index (χ1) is 14.3. The lowest BCUT2D eigenvalue weighted by atomic mass is 9.94. The van der Waals surface area contributed by atoms with Crippen molar-refractivity contribution in [3.63, 3.8) is 0 Å². The molecule has 0 aliphatic carbocycles. The number of fused-ring (bicyclic) bond motifs is 1. The molecule has 0 radical (unpaired) electrons. The molecule has 1 amide bonds. The Kier molecular flexibility index (Phi) is 5.08. The average Bonchev–Trinajstić information content (AvgIpc) is 2.73. The van der Waals surface area contributed by atoms with Crippen molar-refractivity contribution in [3.8, 4) is 0 Å². The van der Waals surface area contributed by atoms with Gasteiger partial charge in [-0.25, -0.2) is 15.0 Å². The average molecular weight is 410 g/mol. The Labute approximate surface area is 173 Å². The number of nitrogens with one attached hydrogen (secondary N) is 1. The maximum atomic E-state index is 15.3. The molecule has 1 aliphatic heterocycles. The predicted octanol–water partition coefficient (Wildman–Crippen LogP) is 1.84. The molecule has 156 valence electrons. The van der Waals surface area contributed by atoms with Crippen molar-refractivity contribution in [2.45, 2.75) is 31.3 Å². The summed E-state index contributed by atoms with van der Waals surface area (Å²) >= 11 is 0. The quantitative estimate of drug-likeness (QED) is 0.444. The van der Waals surface area contributed by atoms with Gasteiger partial charge in [-0.2, -0.15) is 4.39 Å². The first-order valence-electron chi connectivity index (χ1n) is 9.70. The minimum Gasteiger partial charge on any atom is -0.390 e. The number of anilines is 1. The lowest BCUT2D eigenvalue weighted by molar-refractivity contribution is 0.0349. The van der Waals surface area contributed by atoms with E-state index in [0.29, 0.717) is 42.7 Å². The van der Waals surface area contributed by atoms with E-state index in [0.717, 1.165) is 0 Å². The lowest BCUT2D eigenvalue weighted by Crippen LogP contribution is -2.50. The highest BCUT2D eigenvalue weighted by Crippen LogP contribution is 2.26. The fraction of sp³-hybridized carbons (Fsp3) is 0.333. The molecule has 30 heavy (non-hydrogen) atoms. The standard InChI is InChI=1S/C21H23FN6O2/c1-20(30)9-11-28(12-10-20)17-8-4-7-16(26-17)21(22,23)27-19(29)18-14-5-2-3-6-15(14)24-13-25-18/h2-8,13,30H,9-12,23H2,1H3,(H,27,29). The first kappa shape index (κ1) is 20.1. The minimum absolute atomic E-state index is 0.0301. The Morgan fingerprint density at radius 1 is 1.20 bits per heavy atom. The molecule has 8 nitrogen and oxygen atoms in total. The largest absolute Gasteiger partial charge is 0.390 e. The van der Waals surface area contributed by atoms with E-state index in [1.807, 2.05) is 4.90 Å². The highest BCUT2D eigenvalue weighted by molar-refractivity contribution is 6.04. The smallest absolute Gasteiger partial charge is 0.279 e. The number of alkyl halides is 1. The third-order valence-corrected chi connectivity index (χ3v) is 5.33. The predicted molar refractivity (Wildman–Crippen MR) is 110 cm³/mol. The van der Waals surface area contributed by atoms with Gasteiger partial charge in [-0.1, -0.05) is 24.3 Å². The Hall–Kier alpha value is -3.17. The van der Waals surface area contributed by atoms with E-state index in [1.54, 1.807) is 43.3 Å². The van der Waals surface area contributed by atoms with Crippen molar-refractivity contribution in [3.05, 3.63) is 60.2 Å². The van der Waals surface area contributed by atoms with Gasteiger partial charge in [-0.3, -0.25) is 10.5 Å². The summed E-state index contributed by atoms with van der Waals surface area (Å²) in [7, 11) is 0. The number of nitrogens with two attached hydrogens (primary N) is 1. The molecule has 3 aromatic rings. The fourth-order valence-electron chi connectivity index (χ4n) is 3.49. The molecule has 1 unspecified atom stereocenters. The van der Waals surface area contributed by atoms with Crippen LogP contribution in [0.2, 0.25) is 0 Å². The van der Waals surface area contributed by atoms with Gasteiger partial charge in [0.15, 0.2) is 0 Å². The third kappa shape index (κ3) is 4.07. The zero-order valence-corrected chi connectivity index (χ0v) is 16.5. The normalized spacial score (nSPS) is 18.1. The Morgan fingerprint density at radius 3 is 2.70 bits per heavy atom. The van der Waals surface area contributed by atoms with Crippen LogP contribution in [-0.4, -0.2) is 44.7 Å². The van der Waals surface area contributed by atoms with Crippen LogP contribution in [0.4, 0.5) is 10.2 Å². The van der Waals surface area contributed by atoms with Gasteiger partial charge < -0.3 is 15.3 Å². The van der Waals surface area contributed by atoms with Crippen LogP contribution in [0.1, 0.15) is 35.9 Å². The van der Waals surface area contributed by atoms with Crippen molar-refractivity contribution in [2.75, 3.05) is 18.0 Å². The van der Waals surface area contributed by atoms with Crippen LogP contribution in [0, 0.1) is 0 Å². The molecule has 0 saturated carbocycles. The molecule has 3 heterocycles. The molecule has 2 aromatic heterocycles. The number of hydrogen-bond acceptors (Lipinski definition) is 7. The van der Waals surface area contributed by atoms with Crippen LogP contribution >= 0.6 is 0 Å². The van der Waals surface area contributed by atoms with Crippen LogP contribution < -0.4 is 16.0 Å². The van der Waals surface area contributed by atoms with Gasteiger partial charge in [-0.15, -0.1) is 0 Å². The van der Waals surface area contributed by atoms with Gasteiger partial charge in [0.1, 0.15) is 23.5 Å². The third-order valence-electron chi connectivity index (χ3n) is 5.33. The fourth-order valence-corrected chi connectivity index (χ4v) is 3.49. The molecular formula is C21H23FN6O2. The van der Waals surface area contributed by atoms with Gasteiger partial charge in [0, 0.05) is 18.5 Å². The van der Waals surface area contributed by atoms with Gasteiger partial charge in [0.2, 0.25) is 0 Å². The second-order valence-corrected chi connectivity index (χ2v) is 7.77. The molecule has 1 fully saturated rings. The summed E-state index contributed by atoms with van der Waals surface area (Å²) < 4.78 is 15.3. The number of benzene rings is 1. The number of carbonyl (C=O) groups is 1. The Balaban J connectivity index is 1.56. The number of piperidine rings is 1. The van der Waals surface area contributed by atoms with Crippen LogP contribution in [0.5, 0.6) is 0 Å². The molecule has 4 N–H and O–H groups in total. The lowest BCUT2D eigenvalue weighted by Gasteiger charge is -2.36. The van der Waals surface area contributed by atoms with E-state index >= 15 is 4.39 Å². The van der Waals surface area contributed by atoms with Gasteiger partial charge >= 0.3 is 0 Å². The molecule has 0 spiro atoms. The summed E-state index contributed by atoms with van der Waals surface area (Å²) in [6.45, 7) is 2.98. The number of amides is 1. The number of rotatable bonds is 4. The van der Waals surface area contributed by atoms with Gasteiger partial charge in [0.25, 0.3) is 11.8 Å². The highest BCUT2D eigenvalue weighted by atomic mass is 19.1. The van der Waals surface area contributed by atoms with Crippen molar-refractivity contribution >= 4 is 22.6 Å². The summed E-state index contributed by atoms with van der Waals surface area (Å²) in [5.41, 5.74) is 5.57. The SMILES string of the molecule is CC1(O)CCN(c2cccc(C(N)(F)NC(=O)c3ncnc4ccccc34)n2)CC1. The summed E-state index contributed by atoms with van der Waals surface area (Å²) in [6, 6.07) is 11.8. The molecule has 4 rings (SSSR count). The van der Waals surface area contributed by atoms with E-state index in [2.05, 4.69) is 20.3 Å².